The molecular weight excluding hydrogens is 228 g/mol. The van der Waals surface area contributed by atoms with E-state index in [1.54, 1.807) is 6.33 Å². The van der Waals surface area contributed by atoms with E-state index in [1.165, 1.54) is 11.3 Å². The first kappa shape index (κ1) is 11.9. The summed E-state index contributed by atoms with van der Waals surface area (Å²) in [6.07, 6.45) is 3.81. The van der Waals surface area contributed by atoms with Gasteiger partial charge in [-0.05, 0) is 6.42 Å². The minimum absolute atomic E-state index is 0.444. The van der Waals surface area contributed by atoms with Crippen LogP contribution in [0.2, 0.25) is 0 Å². The summed E-state index contributed by atoms with van der Waals surface area (Å²) >= 11 is 0. The van der Waals surface area contributed by atoms with E-state index in [-0.39, 0.29) is 0 Å². The summed E-state index contributed by atoms with van der Waals surface area (Å²) in [6, 6.07) is 0.444. The third kappa shape index (κ3) is 2.08. The summed E-state index contributed by atoms with van der Waals surface area (Å²) in [5, 5.41) is 3.42. The first-order chi connectivity index (χ1) is 8.90. The molecule has 0 spiro atoms. The van der Waals surface area contributed by atoms with Crippen LogP contribution in [0.1, 0.15) is 24.6 Å². The van der Waals surface area contributed by atoms with Gasteiger partial charge in [0.15, 0.2) is 0 Å². The van der Waals surface area contributed by atoms with E-state index in [4.69, 9.17) is 4.74 Å². The van der Waals surface area contributed by atoms with Crippen molar-refractivity contribution in [3.8, 4) is 0 Å². The lowest BCUT2D eigenvalue weighted by molar-refractivity contribution is 0.0924. The summed E-state index contributed by atoms with van der Waals surface area (Å²) in [5.41, 5.74) is 2.49. The van der Waals surface area contributed by atoms with Crippen LogP contribution in [0.15, 0.2) is 6.33 Å². The molecule has 5 heteroatoms. The number of ether oxygens (including phenoxy) is 1. The molecule has 2 aliphatic heterocycles. The van der Waals surface area contributed by atoms with Crippen molar-refractivity contribution in [1.29, 1.82) is 0 Å². The van der Waals surface area contributed by atoms with Gasteiger partial charge in [-0.3, -0.25) is 0 Å². The number of nitrogens with one attached hydrogen (secondary N) is 1. The maximum Gasteiger partial charge on any atom is 0.137 e. The maximum absolute atomic E-state index is 5.57. The largest absolute Gasteiger partial charge is 0.377 e. The monoisotopic (exact) mass is 248 g/mol. The van der Waals surface area contributed by atoms with Crippen LogP contribution >= 0.6 is 0 Å². The number of morpholine rings is 1. The first-order valence-corrected chi connectivity index (χ1v) is 6.78. The van der Waals surface area contributed by atoms with Gasteiger partial charge in [0.2, 0.25) is 0 Å². The van der Waals surface area contributed by atoms with Gasteiger partial charge in [-0.1, -0.05) is 6.92 Å². The second kappa shape index (κ2) is 5.20. The number of anilines is 1. The lowest BCUT2D eigenvalue weighted by Gasteiger charge is -2.37. The van der Waals surface area contributed by atoms with E-state index in [2.05, 4.69) is 27.1 Å². The second-order valence-corrected chi connectivity index (χ2v) is 4.88. The highest BCUT2D eigenvalue weighted by Gasteiger charge is 2.26. The normalized spacial score (nSPS) is 23.8. The Bertz CT molecular complexity index is 423. The molecule has 1 atom stereocenters. The summed E-state index contributed by atoms with van der Waals surface area (Å²) in [5.74, 6) is 1.11. The molecule has 0 saturated carbocycles. The molecule has 1 aromatic rings. The van der Waals surface area contributed by atoms with Gasteiger partial charge in [-0.25, -0.2) is 9.97 Å². The lowest BCUT2D eigenvalue weighted by atomic mass is 10.1. The van der Waals surface area contributed by atoms with Crippen LogP contribution < -0.4 is 10.2 Å². The minimum Gasteiger partial charge on any atom is -0.377 e. The molecule has 0 amide bonds. The van der Waals surface area contributed by atoms with Crippen LogP contribution in [-0.4, -0.2) is 42.3 Å². The van der Waals surface area contributed by atoms with Crippen LogP contribution in [0.5, 0.6) is 0 Å². The Hall–Kier alpha value is -1.20. The van der Waals surface area contributed by atoms with E-state index in [1.807, 2.05) is 0 Å². The van der Waals surface area contributed by atoms with Crippen molar-refractivity contribution in [3.05, 3.63) is 17.6 Å². The topological polar surface area (TPSA) is 50.3 Å². The quantitative estimate of drug-likeness (QED) is 0.836. The zero-order valence-corrected chi connectivity index (χ0v) is 10.9. The van der Waals surface area contributed by atoms with Gasteiger partial charge in [0.1, 0.15) is 12.1 Å². The van der Waals surface area contributed by atoms with Gasteiger partial charge < -0.3 is 15.0 Å². The van der Waals surface area contributed by atoms with E-state index >= 15 is 0 Å². The minimum atomic E-state index is 0.444. The van der Waals surface area contributed by atoms with Gasteiger partial charge in [-0.15, -0.1) is 0 Å². The van der Waals surface area contributed by atoms with Crippen LogP contribution in [0.4, 0.5) is 5.82 Å². The van der Waals surface area contributed by atoms with Crippen LogP contribution in [0, 0.1) is 0 Å². The molecule has 0 aromatic carbocycles. The van der Waals surface area contributed by atoms with E-state index in [9.17, 15) is 0 Å². The molecule has 0 aliphatic carbocycles. The Balaban J connectivity index is 1.95. The van der Waals surface area contributed by atoms with Gasteiger partial charge in [-0.2, -0.15) is 0 Å². The molecule has 3 rings (SSSR count). The van der Waals surface area contributed by atoms with E-state index in [0.717, 1.165) is 51.5 Å². The summed E-state index contributed by atoms with van der Waals surface area (Å²) < 4.78 is 5.57. The van der Waals surface area contributed by atoms with Crippen molar-refractivity contribution in [2.45, 2.75) is 32.4 Å². The number of fused-ring (bicyclic) bond motifs is 1. The van der Waals surface area contributed by atoms with Crippen LogP contribution in [0.3, 0.4) is 0 Å². The fraction of sp³-hybridized carbons (Fsp3) is 0.692. The Morgan fingerprint density at radius 2 is 2.44 bits per heavy atom. The molecular formula is C13H20N4O. The molecule has 1 fully saturated rings. The van der Waals surface area contributed by atoms with Crippen molar-refractivity contribution in [2.24, 2.45) is 0 Å². The number of nitrogens with zero attached hydrogens (tertiary/aromatic N) is 3. The Labute approximate surface area is 108 Å². The summed E-state index contributed by atoms with van der Waals surface area (Å²) in [6.45, 7) is 6.65. The molecule has 1 unspecified atom stereocenters. The molecule has 1 N–H and O–H groups in total. The lowest BCUT2D eigenvalue weighted by Crippen LogP contribution is -2.46. The third-order valence-electron chi connectivity index (χ3n) is 3.82. The highest BCUT2D eigenvalue weighted by atomic mass is 16.5. The van der Waals surface area contributed by atoms with Crippen molar-refractivity contribution < 1.29 is 4.74 Å². The third-order valence-corrected chi connectivity index (χ3v) is 3.82. The molecule has 98 valence electrons. The smallest absolute Gasteiger partial charge is 0.137 e. The zero-order chi connectivity index (χ0) is 12.4. The van der Waals surface area contributed by atoms with Crippen LogP contribution in [-0.2, 0) is 17.7 Å². The average molecular weight is 248 g/mol. The van der Waals surface area contributed by atoms with Gasteiger partial charge in [0, 0.05) is 31.6 Å². The van der Waals surface area contributed by atoms with Gasteiger partial charge in [0.25, 0.3) is 0 Å². The Morgan fingerprint density at radius 3 is 3.33 bits per heavy atom. The highest BCUT2D eigenvalue weighted by molar-refractivity contribution is 5.50. The zero-order valence-electron chi connectivity index (χ0n) is 10.9. The molecule has 3 heterocycles. The predicted molar refractivity (Wildman–Crippen MR) is 69.7 cm³/mol. The molecule has 5 nitrogen and oxygen atoms in total. The molecule has 18 heavy (non-hydrogen) atoms. The summed E-state index contributed by atoms with van der Waals surface area (Å²) in [7, 11) is 0. The standard InChI is InChI=1S/C13H20N4O/c1-2-10-8-18-6-5-17(10)13-11-7-14-4-3-12(11)15-9-16-13/h9-10,14H,2-8H2,1H3. The summed E-state index contributed by atoms with van der Waals surface area (Å²) in [4.78, 5) is 11.3. The van der Waals surface area contributed by atoms with Crippen molar-refractivity contribution in [3.63, 3.8) is 0 Å². The van der Waals surface area contributed by atoms with Gasteiger partial charge >= 0.3 is 0 Å². The number of hydrogen-bond donors (Lipinski definition) is 1. The van der Waals surface area contributed by atoms with Crippen molar-refractivity contribution >= 4 is 5.82 Å². The fourth-order valence-electron chi connectivity index (χ4n) is 2.77. The average Bonchev–Trinajstić information content (AvgIpc) is 2.46. The molecule has 0 bridgehead atoms. The molecule has 0 radical (unpaired) electrons. The van der Waals surface area contributed by atoms with Crippen molar-refractivity contribution in [1.82, 2.24) is 15.3 Å². The first-order valence-electron chi connectivity index (χ1n) is 6.78. The Kier molecular flexibility index (Phi) is 3.43. The van der Waals surface area contributed by atoms with E-state index < -0.39 is 0 Å². The molecule has 1 aromatic heterocycles. The highest BCUT2D eigenvalue weighted by Crippen LogP contribution is 2.26. The number of aromatic nitrogens is 2. The predicted octanol–water partition coefficient (Wildman–Crippen LogP) is 0.738. The number of rotatable bonds is 2. The van der Waals surface area contributed by atoms with Crippen molar-refractivity contribution in [2.75, 3.05) is 31.2 Å². The number of hydrogen-bond acceptors (Lipinski definition) is 5. The molecule has 1 saturated heterocycles. The SMILES string of the molecule is CCC1COCCN1c1ncnc2c1CNCC2. The maximum atomic E-state index is 5.57. The van der Waals surface area contributed by atoms with E-state index in [0.29, 0.717) is 6.04 Å². The van der Waals surface area contributed by atoms with Crippen LogP contribution in [0.25, 0.3) is 0 Å². The van der Waals surface area contributed by atoms with Gasteiger partial charge in [0.05, 0.1) is 24.9 Å². The fourth-order valence-corrected chi connectivity index (χ4v) is 2.77. The second-order valence-electron chi connectivity index (χ2n) is 4.88. The Morgan fingerprint density at radius 1 is 1.50 bits per heavy atom. The molecule has 2 aliphatic rings.